The second kappa shape index (κ2) is 9.39. The van der Waals surface area contributed by atoms with Gasteiger partial charge in [0.2, 0.25) is 0 Å². The smallest absolute Gasteiger partial charge is 0.0703 e. The number of benzene rings is 6. The molecule has 202 valence electrons. The molecule has 6 aromatic rings. The summed E-state index contributed by atoms with van der Waals surface area (Å²) in [5.41, 5.74) is 14.5. The number of hydrogen-bond donors (Lipinski definition) is 1. The zero-order chi connectivity index (χ0) is 28.3. The van der Waals surface area contributed by atoms with E-state index >= 15 is 0 Å². The van der Waals surface area contributed by atoms with E-state index in [4.69, 9.17) is 0 Å². The highest BCUT2D eigenvalue weighted by atomic mass is 15.3. The first kappa shape index (κ1) is 24.5. The normalized spacial score (nSPS) is 14.0. The Morgan fingerprint density at radius 2 is 0.905 bits per heavy atom. The van der Waals surface area contributed by atoms with Gasteiger partial charge in [-0.1, -0.05) is 86.6 Å². The topological polar surface area (TPSA) is 18.5 Å². The van der Waals surface area contributed by atoms with E-state index in [-0.39, 0.29) is 5.41 Å². The van der Waals surface area contributed by atoms with E-state index in [1.165, 1.54) is 22.3 Å². The average molecular weight is 542 g/mol. The average Bonchev–Trinajstić information content (AvgIpc) is 3.26. The fourth-order valence-electron chi connectivity index (χ4n) is 6.72. The zero-order valence-corrected chi connectivity index (χ0v) is 23.8. The summed E-state index contributed by atoms with van der Waals surface area (Å²) in [6.45, 7) is 4.65. The van der Waals surface area contributed by atoms with Gasteiger partial charge in [-0.05, 0) is 95.1 Å². The van der Waals surface area contributed by atoms with Gasteiger partial charge < -0.3 is 15.1 Å². The summed E-state index contributed by atoms with van der Waals surface area (Å²) >= 11 is 0. The highest BCUT2D eigenvalue weighted by Crippen LogP contribution is 2.54. The van der Waals surface area contributed by atoms with Gasteiger partial charge in [-0.2, -0.15) is 0 Å². The van der Waals surface area contributed by atoms with Crippen LogP contribution in [0.4, 0.5) is 45.5 Å². The van der Waals surface area contributed by atoms with Gasteiger partial charge in [-0.15, -0.1) is 0 Å². The number of hydrogen-bond acceptors (Lipinski definition) is 3. The van der Waals surface area contributed by atoms with Gasteiger partial charge in [0.1, 0.15) is 0 Å². The Labute approximate surface area is 247 Å². The minimum absolute atomic E-state index is 0.0177. The fraction of sp³-hybridized carbons (Fsp3) is 0.0769. The molecule has 0 bridgehead atoms. The van der Waals surface area contributed by atoms with Crippen LogP contribution in [0.25, 0.3) is 11.1 Å². The standard InChI is InChI=1S/C39H31N3/c1-39(2)33-15-7-6-14-31(33)32-25-22-28(26-34(32)39)40-27-20-23-30(24-21-27)42-37-18-10-8-16-35(37)41(29-12-4-3-5-13-29)36-17-9-11-19-38(36)42/h3-26,40H,1-2H3. The lowest BCUT2D eigenvalue weighted by atomic mass is 9.82. The Bertz CT molecular complexity index is 1890. The number of para-hydroxylation sites is 5. The number of rotatable bonds is 4. The Balaban J connectivity index is 1.14. The van der Waals surface area contributed by atoms with Crippen LogP contribution < -0.4 is 15.1 Å². The van der Waals surface area contributed by atoms with Crippen LogP contribution >= 0.6 is 0 Å². The summed E-state index contributed by atoms with van der Waals surface area (Å²) in [7, 11) is 0. The molecule has 0 radical (unpaired) electrons. The molecule has 0 amide bonds. The van der Waals surface area contributed by atoms with Crippen molar-refractivity contribution in [2.45, 2.75) is 19.3 Å². The first-order valence-corrected chi connectivity index (χ1v) is 14.5. The number of anilines is 8. The molecule has 0 atom stereocenters. The maximum atomic E-state index is 3.67. The predicted molar refractivity (Wildman–Crippen MR) is 177 cm³/mol. The number of nitrogens with zero attached hydrogens (tertiary/aromatic N) is 2. The van der Waals surface area contributed by atoms with Gasteiger partial charge in [0.25, 0.3) is 0 Å². The lowest BCUT2D eigenvalue weighted by Crippen LogP contribution is -2.23. The van der Waals surface area contributed by atoms with Crippen LogP contribution in [0.2, 0.25) is 0 Å². The molecule has 42 heavy (non-hydrogen) atoms. The first-order valence-electron chi connectivity index (χ1n) is 14.5. The van der Waals surface area contributed by atoms with Crippen molar-refractivity contribution in [1.29, 1.82) is 0 Å². The van der Waals surface area contributed by atoms with Crippen molar-refractivity contribution in [2.24, 2.45) is 0 Å². The van der Waals surface area contributed by atoms with Gasteiger partial charge in [0.15, 0.2) is 0 Å². The summed E-state index contributed by atoms with van der Waals surface area (Å²) in [5.74, 6) is 0. The van der Waals surface area contributed by atoms with Gasteiger partial charge in [0.05, 0.1) is 22.7 Å². The summed E-state index contributed by atoms with van der Waals surface area (Å²) < 4.78 is 0. The van der Waals surface area contributed by atoms with Gasteiger partial charge >= 0.3 is 0 Å². The molecule has 0 aromatic heterocycles. The van der Waals surface area contributed by atoms with Crippen molar-refractivity contribution in [3.05, 3.63) is 157 Å². The van der Waals surface area contributed by atoms with E-state index in [9.17, 15) is 0 Å². The lowest BCUT2D eigenvalue weighted by molar-refractivity contribution is 0.660. The first-order chi connectivity index (χ1) is 20.6. The van der Waals surface area contributed by atoms with Gasteiger partial charge in [0, 0.05) is 28.2 Å². The van der Waals surface area contributed by atoms with Crippen molar-refractivity contribution < 1.29 is 0 Å². The van der Waals surface area contributed by atoms with E-state index in [0.29, 0.717) is 0 Å². The van der Waals surface area contributed by atoms with Crippen molar-refractivity contribution in [3.63, 3.8) is 0 Å². The summed E-state index contributed by atoms with van der Waals surface area (Å²) in [6, 6.07) is 52.2. The molecule has 0 saturated carbocycles. The van der Waals surface area contributed by atoms with Crippen molar-refractivity contribution in [1.82, 2.24) is 0 Å². The molecule has 3 nitrogen and oxygen atoms in total. The van der Waals surface area contributed by atoms with Crippen LogP contribution in [-0.2, 0) is 5.41 Å². The van der Waals surface area contributed by atoms with E-state index in [1.54, 1.807) is 0 Å². The Hall–Kier alpha value is -5.28. The largest absolute Gasteiger partial charge is 0.356 e. The van der Waals surface area contributed by atoms with E-state index in [2.05, 4.69) is 175 Å². The maximum absolute atomic E-state index is 3.67. The van der Waals surface area contributed by atoms with E-state index in [1.807, 2.05) is 0 Å². The van der Waals surface area contributed by atoms with Crippen LogP contribution in [-0.4, -0.2) is 0 Å². The summed E-state index contributed by atoms with van der Waals surface area (Å²) in [5, 5.41) is 3.67. The van der Waals surface area contributed by atoms with Gasteiger partial charge in [-0.3, -0.25) is 0 Å². The minimum Gasteiger partial charge on any atom is -0.356 e. The quantitative estimate of drug-likeness (QED) is 0.239. The fourth-order valence-corrected chi connectivity index (χ4v) is 6.72. The zero-order valence-electron chi connectivity index (χ0n) is 23.8. The molecular formula is C39H31N3. The van der Waals surface area contributed by atoms with Gasteiger partial charge in [-0.25, -0.2) is 0 Å². The lowest BCUT2D eigenvalue weighted by Gasteiger charge is -2.40. The van der Waals surface area contributed by atoms with Crippen LogP contribution in [0.1, 0.15) is 25.0 Å². The third kappa shape index (κ3) is 3.74. The van der Waals surface area contributed by atoms with Crippen LogP contribution in [0.3, 0.4) is 0 Å². The van der Waals surface area contributed by atoms with E-state index < -0.39 is 0 Å². The molecule has 0 unspecified atom stereocenters. The highest BCUT2D eigenvalue weighted by Gasteiger charge is 2.35. The Morgan fingerprint density at radius 1 is 0.429 bits per heavy atom. The Morgan fingerprint density at radius 3 is 1.52 bits per heavy atom. The van der Waals surface area contributed by atoms with Crippen molar-refractivity contribution in [2.75, 3.05) is 15.1 Å². The molecule has 1 aliphatic heterocycles. The summed E-state index contributed by atoms with van der Waals surface area (Å²) in [4.78, 5) is 4.72. The number of nitrogens with one attached hydrogen (secondary N) is 1. The predicted octanol–water partition coefficient (Wildman–Crippen LogP) is 11.0. The molecule has 0 saturated heterocycles. The second-order valence-electron chi connectivity index (χ2n) is 11.6. The molecule has 1 heterocycles. The molecule has 0 fully saturated rings. The molecule has 0 spiro atoms. The highest BCUT2D eigenvalue weighted by molar-refractivity contribution is 6.01. The molecule has 1 aliphatic carbocycles. The minimum atomic E-state index is -0.0177. The Kier molecular flexibility index (Phi) is 5.48. The maximum Gasteiger partial charge on any atom is 0.0703 e. The molecular weight excluding hydrogens is 510 g/mol. The second-order valence-corrected chi connectivity index (χ2v) is 11.6. The third-order valence-corrected chi connectivity index (χ3v) is 8.74. The van der Waals surface area contributed by atoms with Crippen molar-refractivity contribution in [3.8, 4) is 11.1 Å². The van der Waals surface area contributed by atoms with Crippen LogP contribution in [0.5, 0.6) is 0 Å². The molecule has 2 aliphatic rings. The molecule has 8 rings (SSSR count). The third-order valence-electron chi connectivity index (χ3n) is 8.74. The molecule has 1 N–H and O–H groups in total. The monoisotopic (exact) mass is 541 g/mol. The van der Waals surface area contributed by atoms with Crippen LogP contribution in [0.15, 0.2) is 146 Å². The van der Waals surface area contributed by atoms with E-state index in [0.717, 1.165) is 45.5 Å². The SMILES string of the molecule is CC1(C)c2ccccc2-c2ccc(Nc3ccc(N4c5ccccc5N(c5ccccc5)c5ccccc54)cc3)cc21. The molecule has 6 aromatic carbocycles. The summed E-state index contributed by atoms with van der Waals surface area (Å²) in [6.07, 6.45) is 0. The van der Waals surface area contributed by atoms with Crippen LogP contribution in [0, 0.1) is 0 Å². The van der Waals surface area contributed by atoms with Crippen molar-refractivity contribution >= 4 is 45.5 Å². The molecule has 3 heteroatoms. The number of fused-ring (bicyclic) bond motifs is 5.